The van der Waals surface area contributed by atoms with E-state index in [4.69, 9.17) is 13.4 Å². The van der Waals surface area contributed by atoms with Crippen LogP contribution in [0.15, 0.2) is 46.0 Å². The van der Waals surface area contributed by atoms with Crippen molar-refractivity contribution in [1.29, 1.82) is 0 Å². The molecule has 1 fully saturated rings. The van der Waals surface area contributed by atoms with Crippen LogP contribution in [0.4, 0.5) is 16.3 Å². The van der Waals surface area contributed by atoms with Gasteiger partial charge in [0, 0.05) is 0 Å². The summed E-state index contributed by atoms with van der Waals surface area (Å²) < 4.78 is 16.2. The number of nitrogens with zero attached hydrogens (tertiary/aromatic N) is 3. The van der Waals surface area contributed by atoms with Crippen LogP contribution in [0.5, 0.6) is 5.06 Å². The molecule has 6 rings (SSSR count). The van der Waals surface area contributed by atoms with E-state index in [-0.39, 0.29) is 17.8 Å². The van der Waals surface area contributed by atoms with Crippen LogP contribution in [0.25, 0.3) is 0 Å². The van der Waals surface area contributed by atoms with Gasteiger partial charge in [-0.15, -0.1) is 0 Å². The predicted molar refractivity (Wildman–Crippen MR) is 119 cm³/mol. The number of benzene rings is 1. The molecule has 2 N–H and O–H groups in total. The molecule has 2 aliphatic heterocycles. The van der Waals surface area contributed by atoms with Crippen molar-refractivity contribution >= 4 is 49.8 Å². The van der Waals surface area contributed by atoms with Gasteiger partial charge >= 0.3 is 6.09 Å². The molecule has 3 aliphatic rings. The maximum atomic E-state index is 12.1. The number of carbonyl (C=O) groups excluding carboxylic acids is 1. The Balaban J connectivity index is 1.15. The first-order valence-electron chi connectivity index (χ1n) is 9.66. The van der Waals surface area contributed by atoms with Crippen LogP contribution in [-0.2, 0) is 11.3 Å². The number of carbonyl (C=O) groups is 1. The molecular weight excluding hydrogens is 452 g/mol. The average Bonchev–Trinajstić information content (AvgIpc) is 3.39. The molecule has 1 aliphatic carbocycles. The molecule has 1 amide bonds. The Kier molecular flexibility index (Phi) is 4.39. The van der Waals surface area contributed by atoms with Gasteiger partial charge in [0.05, 0.1) is 22.4 Å². The van der Waals surface area contributed by atoms with Crippen LogP contribution in [0.3, 0.4) is 0 Å². The normalized spacial score (nSPS) is 18.8. The summed E-state index contributed by atoms with van der Waals surface area (Å²) in [5.41, 5.74) is 0.911. The van der Waals surface area contributed by atoms with E-state index in [1.54, 1.807) is 0 Å². The van der Waals surface area contributed by atoms with Crippen molar-refractivity contribution in [3.05, 3.63) is 52.9 Å². The lowest BCUT2D eigenvalue weighted by atomic mass is 10.1. The van der Waals surface area contributed by atoms with Crippen LogP contribution in [0, 0.1) is 17.3 Å². The number of aliphatic hydroxyl groups is 1. The second-order valence-electron chi connectivity index (χ2n) is 7.29. The van der Waals surface area contributed by atoms with Gasteiger partial charge < -0.3 is 18.5 Å². The molecule has 1 unspecified atom stereocenters. The maximum absolute atomic E-state index is 12.1. The summed E-state index contributed by atoms with van der Waals surface area (Å²) >= 11 is 1.24. The first kappa shape index (κ1) is 19.2. The zero-order valence-corrected chi connectivity index (χ0v) is 18.0. The molecule has 0 saturated heterocycles. The fraction of sp³-hybridized carbons (Fsp3) is 0.190. The zero-order valence-electron chi connectivity index (χ0n) is 16.3. The molecular formula is C21H14N4O5S2. The number of thiazole rings is 1. The summed E-state index contributed by atoms with van der Waals surface area (Å²) in [6, 6.07) is 9.35. The smallest absolute Gasteiger partial charge is 0.412 e. The number of anilines is 1. The Bertz CT molecular complexity index is 1380. The van der Waals surface area contributed by atoms with E-state index in [9.17, 15) is 9.90 Å². The lowest BCUT2D eigenvalue weighted by molar-refractivity contribution is 0.155. The molecule has 1 spiro atoms. The number of nitrogens with one attached hydrogen (secondary N) is 1. The molecule has 4 heterocycles. The van der Waals surface area contributed by atoms with E-state index >= 15 is 0 Å². The van der Waals surface area contributed by atoms with Gasteiger partial charge in [0.25, 0.3) is 0 Å². The van der Waals surface area contributed by atoms with Crippen molar-refractivity contribution < 1.29 is 23.3 Å². The highest BCUT2D eigenvalue weighted by Crippen LogP contribution is 2.64. The summed E-state index contributed by atoms with van der Waals surface area (Å²) in [6.07, 6.45) is 2.52. The lowest BCUT2D eigenvalue weighted by Gasteiger charge is -2.33. The van der Waals surface area contributed by atoms with E-state index in [2.05, 4.69) is 32.3 Å². The van der Waals surface area contributed by atoms with Crippen molar-refractivity contribution in [2.45, 2.75) is 19.4 Å². The van der Waals surface area contributed by atoms with Gasteiger partial charge in [0.2, 0.25) is 16.6 Å². The lowest BCUT2D eigenvalue weighted by Crippen LogP contribution is -2.38. The Morgan fingerprint density at radius 3 is 2.97 bits per heavy atom. The number of aliphatic imine (C=N–C) groups is 1. The third-order valence-corrected chi connectivity index (χ3v) is 8.02. The van der Waals surface area contributed by atoms with Gasteiger partial charge in [-0.1, -0.05) is 46.8 Å². The quantitative estimate of drug-likeness (QED) is 0.435. The Morgan fingerprint density at radius 2 is 2.16 bits per heavy atom. The van der Waals surface area contributed by atoms with Crippen molar-refractivity contribution in [2.75, 3.05) is 5.32 Å². The van der Waals surface area contributed by atoms with E-state index < -0.39 is 16.9 Å². The molecule has 1 atom stereocenters. The van der Waals surface area contributed by atoms with Crippen LogP contribution >= 0.6 is 22.1 Å². The highest BCUT2D eigenvalue weighted by molar-refractivity contribution is 8.27. The third kappa shape index (κ3) is 3.20. The van der Waals surface area contributed by atoms with E-state index in [0.29, 0.717) is 26.6 Å². The molecule has 9 nitrogen and oxygen atoms in total. The molecule has 0 radical (unpaired) electrons. The molecule has 11 heteroatoms. The summed E-state index contributed by atoms with van der Waals surface area (Å²) in [4.78, 5) is 21.1. The molecule has 1 saturated carbocycles. The minimum Gasteiger partial charge on any atom is -0.444 e. The first-order chi connectivity index (χ1) is 15.6. The SMILES string of the molecule is O=C(Nc1cnoc1C#Cc1nc2c(s1)OS1=C(O)C3(CC3)C1=N2)OCc1ccccc1. The van der Waals surface area contributed by atoms with Gasteiger partial charge in [0.15, 0.2) is 5.01 Å². The molecule has 3 aromatic rings. The standard InChI is InChI=1S/C21H14N4O5S2/c26-19-21(8-9-21)18-25-16-17(30-32(18)19)31-15(24-16)7-6-14-13(10-22-29-14)23-20(27)28-11-12-4-2-1-3-5-12/h1-5,10,26H,8-9,11H2,(H,23,27). The maximum Gasteiger partial charge on any atom is 0.412 e. The van der Waals surface area contributed by atoms with Gasteiger partial charge in [-0.25, -0.2) is 14.8 Å². The number of hydrogen-bond donors (Lipinski definition) is 2. The third-order valence-electron chi connectivity index (χ3n) is 5.17. The van der Waals surface area contributed by atoms with Gasteiger partial charge in [-0.2, -0.15) is 0 Å². The first-order valence-corrected chi connectivity index (χ1v) is 11.6. The van der Waals surface area contributed by atoms with Crippen molar-refractivity contribution in [3.8, 4) is 16.9 Å². The van der Waals surface area contributed by atoms with Crippen molar-refractivity contribution in [2.24, 2.45) is 10.4 Å². The number of amides is 1. The molecule has 160 valence electrons. The van der Waals surface area contributed by atoms with Crippen molar-refractivity contribution in [1.82, 2.24) is 10.1 Å². The molecule has 1 aromatic carbocycles. The van der Waals surface area contributed by atoms with Crippen LogP contribution in [0.1, 0.15) is 29.2 Å². The number of ether oxygens (including phenoxy) is 1. The number of rotatable bonds is 3. The van der Waals surface area contributed by atoms with Crippen LogP contribution in [0.2, 0.25) is 0 Å². The fourth-order valence-electron chi connectivity index (χ4n) is 3.32. The number of fused-ring (bicyclic) bond motifs is 3. The van der Waals surface area contributed by atoms with E-state index in [1.807, 2.05) is 30.3 Å². The summed E-state index contributed by atoms with van der Waals surface area (Å²) in [7, 11) is -0.760. The van der Waals surface area contributed by atoms with E-state index in [0.717, 1.165) is 23.4 Å². The predicted octanol–water partition coefficient (Wildman–Crippen LogP) is 4.37. The monoisotopic (exact) mass is 466 g/mol. The number of aromatic nitrogens is 2. The van der Waals surface area contributed by atoms with Crippen LogP contribution < -0.4 is 9.50 Å². The Morgan fingerprint density at radius 1 is 1.31 bits per heavy atom. The summed E-state index contributed by atoms with van der Waals surface area (Å²) in [5, 5.41) is 18.8. The van der Waals surface area contributed by atoms with E-state index in [1.165, 1.54) is 17.5 Å². The highest BCUT2D eigenvalue weighted by Gasteiger charge is 2.62. The Hall–Kier alpha value is -3.46. The topological polar surface area (TPSA) is 119 Å². The largest absolute Gasteiger partial charge is 0.444 e. The average molecular weight is 467 g/mol. The summed E-state index contributed by atoms with van der Waals surface area (Å²) in [6.45, 7) is 0.141. The minimum atomic E-state index is -0.760. The van der Waals surface area contributed by atoms with Gasteiger partial charge in [0.1, 0.15) is 22.4 Å². The molecule has 0 bridgehead atoms. The molecule has 2 aromatic heterocycles. The van der Waals surface area contributed by atoms with Crippen molar-refractivity contribution in [3.63, 3.8) is 0 Å². The Labute approximate surface area is 188 Å². The summed E-state index contributed by atoms with van der Waals surface area (Å²) in [5.74, 6) is 6.36. The minimum absolute atomic E-state index is 0.141. The van der Waals surface area contributed by atoms with Gasteiger partial charge in [-0.05, 0) is 30.2 Å². The van der Waals surface area contributed by atoms with Gasteiger partial charge in [-0.3, -0.25) is 5.32 Å². The second-order valence-corrected chi connectivity index (χ2v) is 9.73. The zero-order chi connectivity index (χ0) is 21.7. The number of aliphatic hydroxyl groups excluding tert-OH is 1. The fourth-order valence-corrected chi connectivity index (χ4v) is 6.15. The number of hydrogen-bond acceptors (Lipinski definition) is 8. The highest BCUT2D eigenvalue weighted by atomic mass is 32.2. The van der Waals surface area contributed by atoms with Crippen LogP contribution in [-0.4, -0.2) is 31.4 Å². The molecule has 32 heavy (non-hydrogen) atoms. The second kappa shape index (κ2) is 7.30.